The third-order valence-corrected chi connectivity index (χ3v) is 8.50. The molecule has 220 valence electrons. The fourth-order valence-electron chi connectivity index (χ4n) is 6.46. The average molecular weight is 593 g/mol. The second-order valence-corrected chi connectivity index (χ2v) is 11.4. The van der Waals surface area contributed by atoms with Crippen LogP contribution in [0.15, 0.2) is 176 Å². The number of fused-ring (bicyclic) bond motifs is 2. The van der Waals surface area contributed by atoms with E-state index in [9.17, 15) is 0 Å². The first-order valence-electron chi connectivity index (χ1n) is 15.6. The van der Waals surface area contributed by atoms with E-state index in [2.05, 4.69) is 190 Å². The molecule has 0 amide bonds. The molecule has 0 saturated carbocycles. The van der Waals surface area contributed by atoms with Crippen LogP contribution in [-0.4, -0.2) is 9.55 Å². The van der Waals surface area contributed by atoms with E-state index >= 15 is 0 Å². The van der Waals surface area contributed by atoms with Crippen LogP contribution in [0.5, 0.6) is 0 Å². The molecular formula is C42H32N4. The van der Waals surface area contributed by atoms with Gasteiger partial charge in [0.15, 0.2) is 0 Å². The molecule has 0 fully saturated rings. The molecule has 0 unspecified atom stereocenters. The summed E-state index contributed by atoms with van der Waals surface area (Å²) in [4.78, 5) is 9.31. The number of nitrogens with zero attached hydrogens (tertiary/aromatic N) is 4. The molecule has 4 nitrogen and oxygen atoms in total. The summed E-state index contributed by atoms with van der Waals surface area (Å²) in [5.41, 5.74) is 11.1. The zero-order valence-corrected chi connectivity index (χ0v) is 25.5. The number of hydrogen-bond acceptors (Lipinski definition) is 3. The molecule has 0 aliphatic rings. The predicted octanol–water partition coefficient (Wildman–Crippen LogP) is 11.4. The molecular weight excluding hydrogens is 560 g/mol. The molecule has 0 N–H and O–H groups in total. The second-order valence-electron chi connectivity index (χ2n) is 11.4. The van der Waals surface area contributed by atoms with Crippen LogP contribution >= 0.6 is 0 Å². The summed E-state index contributed by atoms with van der Waals surface area (Å²) in [6.07, 6.45) is 1.86. The highest BCUT2D eigenvalue weighted by Gasteiger charge is 2.19. The first-order chi connectivity index (χ1) is 22.7. The summed E-state index contributed by atoms with van der Waals surface area (Å²) >= 11 is 0. The minimum atomic E-state index is 0.966. The predicted molar refractivity (Wildman–Crippen MR) is 193 cm³/mol. The van der Waals surface area contributed by atoms with Crippen molar-refractivity contribution in [2.45, 2.75) is 6.92 Å². The SMILES string of the molecule is Cc1cc2cc(N(c3ccc(N(c4ccccc4)c4ccccc4)cc3)c3cccc4ncccc34)ccc2n1-c1ccccc1. The van der Waals surface area contributed by atoms with E-state index in [1.54, 1.807) is 0 Å². The van der Waals surface area contributed by atoms with Gasteiger partial charge in [-0.3, -0.25) is 4.98 Å². The lowest BCUT2D eigenvalue weighted by Crippen LogP contribution is -2.12. The molecule has 0 atom stereocenters. The normalized spacial score (nSPS) is 11.2. The molecule has 8 aromatic rings. The summed E-state index contributed by atoms with van der Waals surface area (Å²) in [5, 5.41) is 2.29. The van der Waals surface area contributed by atoms with Crippen LogP contribution in [0, 0.1) is 6.92 Å². The van der Waals surface area contributed by atoms with Crippen molar-refractivity contribution < 1.29 is 0 Å². The largest absolute Gasteiger partial charge is 0.314 e. The van der Waals surface area contributed by atoms with Crippen LogP contribution in [0.4, 0.5) is 34.1 Å². The molecule has 6 aromatic carbocycles. The van der Waals surface area contributed by atoms with Crippen LogP contribution in [0.25, 0.3) is 27.5 Å². The third kappa shape index (κ3) is 4.96. The molecule has 0 bridgehead atoms. The van der Waals surface area contributed by atoms with Crippen molar-refractivity contribution in [3.63, 3.8) is 0 Å². The topological polar surface area (TPSA) is 24.3 Å². The molecule has 0 radical (unpaired) electrons. The highest BCUT2D eigenvalue weighted by molar-refractivity contribution is 5.99. The molecule has 2 aromatic heterocycles. The molecule has 0 aliphatic heterocycles. The van der Waals surface area contributed by atoms with Gasteiger partial charge < -0.3 is 14.4 Å². The molecule has 8 rings (SSSR count). The first kappa shape index (κ1) is 27.4. The fraction of sp³-hybridized carbons (Fsp3) is 0.0238. The first-order valence-corrected chi connectivity index (χ1v) is 15.6. The van der Waals surface area contributed by atoms with Gasteiger partial charge in [-0.1, -0.05) is 60.7 Å². The Morgan fingerprint density at radius 3 is 1.74 bits per heavy atom. The number of aryl methyl sites for hydroxylation is 1. The van der Waals surface area contributed by atoms with E-state index in [4.69, 9.17) is 0 Å². The maximum atomic E-state index is 4.68. The van der Waals surface area contributed by atoms with E-state index in [1.807, 2.05) is 12.3 Å². The molecule has 4 heteroatoms. The number of anilines is 6. The highest BCUT2D eigenvalue weighted by atomic mass is 15.2. The summed E-state index contributed by atoms with van der Waals surface area (Å²) in [6.45, 7) is 2.17. The van der Waals surface area contributed by atoms with Gasteiger partial charge in [-0.25, -0.2) is 0 Å². The Labute approximate surface area is 269 Å². The number of hydrogen-bond donors (Lipinski definition) is 0. The van der Waals surface area contributed by atoms with Gasteiger partial charge in [0.25, 0.3) is 0 Å². The van der Waals surface area contributed by atoms with E-state index in [1.165, 1.54) is 16.6 Å². The van der Waals surface area contributed by atoms with Crippen LogP contribution in [0.3, 0.4) is 0 Å². The van der Waals surface area contributed by atoms with Crippen molar-refractivity contribution >= 4 is 55.9 Å². The maximum absolute atomic E-state index is 4.68. The highest BCUT2D eigenvalue weighted by Crippen LogP contribution is 2.42. The summed E-state index contributed by atoms with van der Waals surface area (Å²) in [6, 6.07) is 60.0. The second kappa shape index (κ2) is 11.8. The van der Waals surface area contributed by atoms with Crippen LogP contribution < -0.4 is 9.80 Å². The number of pyridine rings is 1. The smallest absolute Gasteiger partial charge is 0.0723 e. The third-order valence-electron chi connectivity index (χ3n) is 8.50. The van der Waals surface area contributed by atoms with Gasteiger partial charge in [-0.2, -0.15) is 0 Å². The minimum absolute atomic E-state index is 0.966. The van der Waals surface area contributed by atoms with E-state index in [0.29, 0.717) is 0 Å². The van der Waals surface area contributed by atoms with E-state index in [0.717, 1.165) is 50.7 Å². The molecule has 0 aliphatic carbocycles. The van der Waals surface area contributed by atoms with E-state index in [-0.39, 0.29) is 0 Å². The number of rotatable bonds is 7. The summed E-state index contributed by atoms with van der Waals surface area (Å²) in [5.74, 6) is 0. The lowest BCUT2D eigenvalue weighted by Gasteiger charge is -2.29. The van der Waals surface area contributed by atoms with Gasteiger partial charge >= 0.3 is 0 Å². The summed E-state index contributed by atoms with van der Waals surface area (Å²) in [7, 11) is 0. The van der Waals surface area contributed by atoms with Gasteiger partial charge in [-0.05, 0) is 116 Å². The molecule has 0 spiro atoms. The lowest BCUT2D eigenvalue weighted by atomic mass is 10.1. The van der Waals surface area contributed by atoms with Crippen molar-refractivity contribution in [3.05, 3.63) is 182 Å². The Morgan fingerprint density at radius 2 is 1.07 bits per heavy atom. The van der Waals surface area contributed by atoms with Gasteiger partial charge in [-0.15, -0.1) is 0 Å². The Morgan fingerprint density at radius 1 is 0.478 bits per heavy atom. The van der Waals surface area contributed by atoms with Gasteiger partial charge in [0.1, 0.15) is 0 Å². The zero-order valence-electron chi connectivity index (χ0n) is 25.5. The summed E-state index contributed by atoms with van der Waals surface area (Å²) < 4.78 is 2.32. The van der Waals surface area contributed by atoms with Crippen LogP contribution in [-0.2, 0) is 0 Å². The van der Waals surface area contributed by atoms with Gasteiger partial charge in [0.05, 0.1) is 16.7 Å². The molecule has 0 saturated heterocycles. The fourth-order valence-corrected chi connectivity index (χ4v) is 6.46. The van der Waals surface area contributed by atoms with Crippen LogP contribution in [0.1, 0.15) is 5.69 Å². The Kier molecular flexibility index (Phi) is 7.01. The number of para-hydroxylation sites is 3. The number of aromatic nitrogens is 2. The average Bonchev–Trinajstić information content (AvgIpc) is 3.45. The minimum Gasteiger partial charge on any atom is -0.314 e. The zero-order chi connectivity index (χ0) is 30.9. The Balaban J connectivity index is 1.28. The van der Waals surface area contributed by atoms with Crippen molar-refractivity contribution in [2.75, 3.05) is 9.80 Å². The molecule has 2 heterocycles. The molecule has 46 heavy (non-hydrogen) atoms. The number of benzene rings is 6. The Bertz CT molecular complexity index is 2210. The Hall–Kier alpha value is -6.13. The lowest BCUT2D eigenvalue weighted by molar-refractivity contribution is 1.05. The standard InChI is InChI=1S/C42H32N4/c1-31-29-32-30-38(26-27-41(32)44(31)33-13-5-2-6-14-33)46(42-21-11-20-40-39(42)19-12-28-43-40)37-24-22-36(23-25-37)45(34-15-7-3-8-16-34)35-17-9-4-10-18-35/h2-30H,1H3. The van der Waals surface area contributed by atoms with Crippen molar-refractivity contribution in [3.8, 4) is 5.69 Å². The van der Waals surface area contributed by atoms with E-state index < -0.39 is 0 Å². The maximum Gasteiger partial charge on any atom is 0.0723 e. The van der Waals surface area contributed by atoms with Crippen molar-refractivity contribution in [1.82, 2.24) is 9.55 Å². The quantitative estimate of drug-likeness (QED) is 0.184. The van der Waals surface area contributed by atoms with Crippen molar-refractivity contribution in [2.24, 2.45) is 0 Å². The van der Waals surface area contributed by atoms with Crippen molar-refractivity contribution in [1.29, 1.82) is 0 Å². The monoisotopic (exact) mass is 592 g/mol. The van der Waals surface area contributed by atoms with Gasteiger partial charge in [0.2, 0.25) is 0 Å². The van der Waals surface area contributed by atoms with Crippen LogP contribution in [0.2, 0.25) is 0 Å². The van der Waals surface area contributed by atoms with Gasteiger partial charge in [0, 0.05) is 56.8 Å².